The van der Waals surface area contributed by atoms with Gasteiger partial charge in [-0.2, -0.15) is 0 Å². The minimum atomic E-state index is -0.829. The summed E-state index contributed by atoms with van der Waals surface area (Å²) in [6.45, 7) is 6.18. The van der Waals surface area contributed by atoms with E-state index in [9.17, 15) is 14.7 Å². The highest BCUT2D eigenvalue weighted by atomic mass is 16.4. The van der Waals surface area contributed by atoms with Gasteiger partial charge in [0.25, 0.3) is 0 Å². The predicted octanol–water partition coefficient (Wildman–Crippen LogP) is 2.75. The average molecular weight is 296 g/mol. The molecule has 0 radical (unpaired) electrons. The third-order valence-electron chi connectivity index (χ3n) is 5.27. The molecule has 2 aliphatic carbocycles. The first-order chi connectivity index (χ1) is 9.81. The summed E-state index contributed by atoms with van der Waals surface area (Å²) in [7, 11) is 0. The molecule has 0 aromatic rings. The Kier molecular flexibility index (Phi) is 4.79. The maximum Gasteiger partial charge on any atom is 0.315 e. The van der Waals surface area contributed by atoms with Crippen LogP contribution in [0.1, 0.15) is 59.3 Å². The fourth-order valence-electron chi connectivity index (χ4n) is 4.10. The van der Waals surface area contributed by atoms with Gasteiger partial charge < -0.3 is 15.7 Å². The maximum absolute atomic E-state index is 12.2. The lowest BCUT2D eigenvalue weighted by atomic mass is 9.80. The van der Waals surface area contributed by atoms with Crippen molar-refractivity contribution < 1.29 is 14.7 Å². The van der Waals surface area contributed by atoms with E-state index in [0.29, 0.717) is 18.3 Å². The van der Waals surface area contributed by atoms with Crippen molar-refractivity contribution in [1.82, 2.24) is 10.6 Å². The van der Waals surface area contributed by atoms with Crippen LogP contribution >= 0.6 is 0 Å². The zero-order valence-corrected chi connectivity index (χ0v) is 13.3. The summed E-state index contributed by atoms with van der Waals surface area (Å²) < 4.78 is 0. The van der Waals surface area contributed by atoms with E-state index >= 15 is 0 Å². The summed E-state index contributed by atoms with van der Waals surface area (Å²) in [5, 5.41) is 15.3. The molecule has 2 rings (SSSR count). The largest absolute Gasteiger partial charge is 0.481 e. The van der Waals surface area contributed by atoms with Gasteiger partial charge in [-0.05, 0) is 50.9 Å². The fraction of sp³-hybridized carbons (Fsp3) is 0.875. The van der Waals surface area contributed by atoms with Crippen molar-refractivity contribution in [3.05, 3.63) is 0 Å². The Bertz CT molecular complexity index is 402. The summed E-state index contributed by atoms with van der Waals surface area (Å²) >= 11 is 0. The fourth-order valence-corrected chi connectivity index (χ4v) is 4.10. The Morgan fingerprint density at radius 2 is 1.71 bits per heavy atom. The number of nitrogens with one attached hydrogen (secondary N) is 2. The van der Waals surface area contributed by atoms with Crippen molar-refractivity contribution in [2.75, 3.05) is 0 Å². The van der Waals surface area contributed by atoms with Gasteiger partial charge in [-0.25, -0.2) is 4.79 Å². The molecule has 5 heteroatoms. The lowest BCUT2D eigenvalue weighted by Crippen LogP contribution is -2.53. The summed E-state index contributed by atoms with van der Waals surface area (Å²) in [5.74, 6) is 0.454. The van der Waals surface area contributed by atoms with Crippen molar-refractivity contribution >= 4 is 12.0 Å². The molecule has 0 aliphatic heterocycles. The summed E-state index contributed by atoms with van der Waals surface area (Å²) in [5.41, 5.74) is -0.829. The monoisotopic (exact) mass is 296 g/mol. The van der Waals surface area contributed by atoms with Gasteiger partial charge in [-0.3, -0.25) is 4.79 Å². The molecule has 2 amide bonds. The highest BCUT2D eigenvalue weighted by Gasteiger charge is 2.46. The second-order valence-electron chi connectivity index (χ2n) is 7.40. The van der Waals surface area contributed by atoms with Gasteiger partial charge in [0.1, 0.15) is 0 Å². The summed E-state index contributed by atoms with van der Waals surface area (Å²) in [6.07, 6.45) is 5.47. The Morgan fingerprint density at radius 3 is 2.29 bits per heavy atom. The SMILES string of the molecule is CC1CC(C)CC(NC(=O)NC2CCCC2(C)C(=O)O)C1. The molecule has 0 spiro atoms. The zero-order valence-electron chi connectivity index (χ0n) is 13.3. The molecule has 5 nitrogen and oxygen atoms in total. The van der Waals surface area contributed by atoms with Crippen LogP contribution in [-0.4, -0.2) is 29.2 Å². The quantitative estimate of drug-likeness (QED) is 0.749. The van der Waals surface area contributed by atoms with Crippen LogP contribution in [0.25, 0.3) is 0 Å². The number of amides is 2. The van der Waals surface area contributed by atoms with Crippen molar-refractivity contribution in [3.8, 4) is 0 Å². The number of rotatable bonds is 3. The number of aliphatic carboxylic acids is 1. The molecule has 2 fully saturated rings. The van der Waals surface area contributed by atoms with Gasteiger partial charge in [0.2, 0.25) is 0 Å². The minimum absolute atomic E-state index is 0.208. The van der Waals surface area contributed by atoms with Crippen molar-refractivity contribution in [1.29, 1.82) is 0 Å². The smallest absolute Gasteiger partial charge is 0.315 e. The van der Waals surface area contributed by atoms with E-state index in [1.165, 1.54) is 6.42 Å². The number of carboxylic acids is 1. The second-order valence-corrected chi connectivity index (χ2v) is 7.40. The van der Waals surface area contributed by atoms with Crippen molar-refractivity contribution in [2.45, 2.75) is 71.4 Å². The molecular formula is C16H28N2O3. The van der Waals surface area contributed by atoms with Crippen LogP contribution in [0.15, 0.2) is 0 Å². The molecule has 4 unspecified atom stereocenters. The third-order valence-corrected chi connectivity index (χ3v) is 5.27. The van der Waals surface area contributed by atoms with Crippen LogP contribution < -0.4 is 10.6 Å². The number of hydrogen-bond acceptors (Lipinski definition) is 2. The van der Waals surface area contributed by atoms with E-state index in [0.717, 1.165) is 25.7 Å². The second kappa shape index (κ2) is 6.24. The van der Waals surface area contributed by atoms with Gasteiger partial charge in [0.15, 0.2) is 0 Å². The topological polar surface area (TPSA) is 78.4 Å². The summed E-state index contributed by atoms with van der Waals surface area (Å²) in [4.78, 5) is 23.6. The molecule has 4 atom stereocenters. The Hall–Kier alpha value is -1.26. The minimum Gasteiger partial charge on any atom is -0.481 e. The molecule has 0 heterocycles. The van der Waals surface area contributed by atoms with Crippen molar-refractivity contribution in [2.24, 2.45) is 17.3 Å². The predicted molar refractivity (Wildman–Crippen MR) is 81.0 cm³/mol. The van der Waals surface area contributed by atoms with Gasteiger partial charge in [-0.1, -0.05) is 20.3 Å². The highest BCUT2D eigenvalue weighted by Crippen LogP contribution is 2.38. The van der Waals surface area contributed by atoms with Crippen LogP contribution in [-0.2, 0) is 4.79 Å². The third kappa shape index (κ3) is 3.69. The molecule has 0 bridgehead atoms. The van der Waals surface area contributed by atoms with Gasteiger partial charge in [-0.15, -0.1) is 0 Å². The molecule has 2 aliphatic rings. The van der Waals surface area contributed by atoms with E-state index in [1.807, 2.05) is 0 Å². The van der Waals surface area contributed by atoms with E-state index in [1.54, 1.807) is 6.92 Å². The molecule has 2 saturated carbocycles. The highest BCUT2D eigenvalue weighted by molar-refractivity contribution is 5.79. The average Bonchev–Trinajstić information content (AvgIpc) is 2.70. The zero-order chi connectivity index (χ0) is 15.6. The normalized spacial score (nSPS) is 39.8. The molecular weight excluding hydrogens is 268 g/mol. The number of urea groups is 1. The molecule has 0 aromatic heterocycles. The number of carbonyl (C=O) groups excluding carboxylic acids is 1. The maximum atomic E-state index is 12.2. The lowest BCUT2D eigenvalue weighted by molar-refractivity contribution is -0.148. The van der Waals surface area contributed by atoms with E-state index < -0.39 is 11.4 Å². The van der Waals surface area contributed by atoms with E-state index in [2.05, 4.69) is 24.5 Å². The molecule has 120 valence electrons. The number of carbonyl (C=O) groups is 2. The number of carboxylic acid groups (broad SMARTS) is 1. The van der Waals surface area contributed by atoms with E-state index in [4.69, 9.17) is 0 Å². The Labute approximate surface area is 126 Å². The lowest BCUT2D eigenvalue weighted by Gasteiger charge is -2.33. The first-order valence-electron chi connectivity index (χ1n) is 8.11. The molecule has 21 heavy (non-hydrogen) atoms. The Morgan fingerprint density at radius 1 is 1.10 bits per heavy atom. The summed E-state index contributed by atoms with van der Waals surface area (Å²) in [6, 6.07) is -0.268. The Balaban J connectivity index is 1.88. The van der Waals surface area contributed by atoms with Gasteiger partial charge >= 0.3 is 12.0 Å². The van der Waals surface area contributed by atoms with Crippen LogP contribution in [0.4, 0.5) is 4.79 Å². The van der Waals surface area contributed by atoms with Crippen LogP contribution in [0.2, 0.25) is 0 Å². The molecule has 3 N–H and O–H groups in total. The standard InChI is InChI=1S/C16H28N2O3/c1-10-7-11(2)9-12(8-10)17-15(21)18-13-5-4-6-16(13,3)14(19)20/h10-13H,4-9H2,1-3H3,(H,19,20)(H2,17,18,21). The number of hydrogen-bond donors (Lipinski definition) is 3. The van der Waals surface area contributed by atoms with Crippen LogP contribution in [0.3, 0.4) is 0 Å². The van der Waals surface area contributed by atoms with Crippen molar-refractivity contribution in [3.63, 3.8) is 0 Å². The first kappa shape index (κ1) is 16.1. The van der Waals surface area contributed by atoms with Gasteiger partial charge in [0.05, 0.1) is 5.41 Å². The van der Waals surface area contributed by atoms with Crippen LogP contribution in [0.5, 0.6) is 0 Å². The van der Waals surface area contributed by atoms with Crippen LogP contribution in [0, 0.1) is 17.3 Å². The first-order valence-corrected chi connectivity index (χ1v) is 8.11. The van der Waals surface area contributed by atoms with Gasteiger partial charge in [0, 0.05) is 12.1 Å². The molecule has 0 saturated heterocycles. The molecule has 0 aromatic carbocycles. The van der Waals surface area contributed by atoms with E-state index in [-0.39, 0.29) is 18.1 Å².